The summed E-state index contributed by atoms with van der Waals surface area (Å²) in [7, 11) is 1.33. The number of hydrogen-bond donors (Lipinski definition) is 2. The van der Waals surface area contributed by atoms with Gasteiger partial charge in [-0.25, -0.2) is 9.59 Å². The van der Waals surface area contributed by atoms with Crippen molar-refractivity contribution < 1.29 is 19.1 Å². The van der Waals surface area contributed by atoms with Gasteiger partial charge < -0.3 is 14.8 Å². The van der Waals surface area contributed by atoms with E-state index < -0.39 is 23.2 Å². The first kappa shape index (κ1) is 21.4. The highest BCUT2D eigenvalue weighted by atomic mass is 16.6. The summed E-state index contributed by atoms with van der Waals surface area (Å²) in [5.74, 6) is -0.483. The molecule has 1 heterocycles. The maximum Gasteiger partial charge on any atom is 0.408 e. The van der Waals surface area contributed by atoms with Crippen LogP contribution in [0.4, 0.5) is 4.79 Å². The molecule has 7 nitrogen and oxygen atoms in total. The molecule has 0 radical (unpaired) electrons. The van der Waals surface area contributed by atoms with Gasteiger partial charge >= 0.3 is 12.1 Å². The molecular weight excluding hydrogens is 382 g/mol. The summed E-state index contributed by atoms with van der Waals surface area (Å²) >= 11 is 0. The van der Waals surface area contributed by atoms with Crippen molar-refractivity contribution in [1.29, 1.82) is 0 Å². The van der Waals surface area contributed by atoms with E-state index >= 15 is 0 Å². The van der Waals surface area contributed by atoms with Crippen LogP contribution in [0.25, 0.3) is 22.0 Å². The van der Waals surface area contributed by atoms with Gasteiger partial charge in [-0.3, -0.25) is 5.10 Å². The lowest BCUT2D eigenvalue weighted by molar-refractivity contribution is 0.0469. The molecular formula is C23H27N3O4. The summed E-state index contributed by atoms with van der Waals surface area (Å²) in [5.41, 5.74) is 2.72. The van der Waals surface area contributed by atoms with E-state index in [-0.39, 0.29) is 5.69 Å². The Kier molecular flexibility index (Phi) is 5.57. The molecule has 1 amide bonds. The first-order chi connectivity index (χ1) is 14.0. The molecule has 2 aromatic carbocycles. The van der Waals surface area contributed by atoms with Gasteiger partial charge in [-0.05, 0) is 63.4 Å². The quantitative estimate of drug-likeness (QED) is 0.605. The number of carbonyl (C=O) groups excluding carboxylic acids is 2. The number of esters is 1. The summed E-state index contributed by atoms with van der Waals surface area (Å²) in [6.45, 7) is 9.34. The van der Waals surface area contributed by atoms with Crippen molar-refractivity contribution in [1.82, 2.24) is 15.5 Å². The third kappa shape index (κ3) is 4.62. The zero-order valence-electron chi connectivity index (χ0n) is 18.1. The van der Waals surface area contributed by atoms with Crippen LogP contribution < -0.4 is 5.32 Å². The highest BCUT2D eigenvalue weighted by Gasteiger charge is 2.26. The topological polar surface area (TPSA) is 93.3 Å². The minimum absolute atomic E-state index is 0.258. The van der Waals surface area contributed by atoms with Crippen molar-refractivity contribution in [2.45, 2.75) is 45.8 Å². The molecule has 3 aromatic rings. The maximum atomic E-state index is 12.2. The van der Waals surface area contributed by atoms with Gasteiger partial charge in [-0.1, -0.05) is 30.3 Å². The second kappa shape index (κ2) is 7.82. The van der Waals surface area contributed by atoms with Crippen LogP contribution in [0.5, 0.6) is 0 Å². The molecule has 0 atom stereocenters. The van der Waals surface area contributed by atoms with Crippen molar-refractivity contribution in [3.8, 4) is 11.1 Å². The zero-order valence-corrected chi connectivity index (χ0v) is 18.1. The number of nitrogens with one attached hydrogen (secondary N) is 2. The zero-order chi connectivity index (χ0) is 22.1. The predicted molar refractivity (Wildman–Crippen MR) is 115 cm³/mol. The third-order valence-corrected chi connectivity index (χ3v) is 4.69. The lowest BCUT2D eigenvalue weighted by atomic mass is 9.92. The van der Waals surface area contributed by atoms with E-state index in [2.05, 4.69) is 15.5 Å². The van der Waals surface area contributed by atoms with E-state index in [1.54, 1.807) is 0 Å². The largest absolute Gasteiger partial charge is 0.464 e. The first-order valence-corrected chi connectivity index (χ1v) is 9.69. The van der Waals surface area contributed by atoms with Crippen molar-refractivity contribution >= 4 is 23.0 Å². The molecule has 3 rings (SSSR count). The lowest BCUT2D eigenvalue weighted by Crippen LogP contribution is -2.43. The van der Waals surface area contributed by atoms with Crippen LogP contribution in [0.15, 0.2) is 42.5 Å². The Morgan fingerprint density at radius 1 is 0.967 bits per heavy atom. The third-order valence-electron chi connectivity index (χ3n) is 4.69. The molecule has 0 fully saturated rings. The normalized spacial score (nSPS) is 11.9. The first-order valence-electron chi connectivity index (χ1n) is 9.69. The molecule has 0 bridgehead atoms. The van der Waals surface area contributed by atoms with Crippen molar-refractivity contribution in [3.05, 3.63) is 53.7 Å². The fourth-order valence-electron chi connectivity index (χ4n) is 3.16. The molecule has 2 N–H and O–H groups in total. The van der Waals surface area contributed by atoms with Crippen molar-refractivity contribution in [2.75, 3.05) is 7.11 Å². The van der Waals surface area contributed by atoms with Gasteiger partial charge in [-0.2, -0.15) is 5.10 Å². The minimum atomic E-state index is -0.604. The number of alkyl carbamates (subject to hydrolysis) is 1. The number of carbonyl (C=O) groups is 2. The monoisotopic (exact) mass is 409 g/mol. The Hall–Kier alpha value is -3.35. The Morgan fingerprint density at radius 2 is 1.60 bits per heavy atom. The molecule has 0 aliphatic carbocycles. The molecule has 0 aliphatic heterocycles. The van der Waals surface area contributed by atoms with E-state index in [9.17, 15) is 9.59 Å². The van der Waals surface area contributed by atoms with Gasteiger partial charge in [0.25, 0.3) is 0 Å². The van der Waals surface area contributed by atoms with Gasteiger partial charge in [0.1, 0.15) is 5.60 Å². The van der Waals surface area contributed by atoms with E-state index in [0.29, 0.717) is 5.39 Å². The number of amides is 1. The lowest BCUT2D eigenvalue weighted by Gasteiger charge is -2.29. The summed E-state index contributed by atoms with van der Waals surface area (Å²) < 4.78 is 10.2. The Balaban J connectivity index is 1.84. The van der Waals surface area contributed by atoms with Gasteiger partial charge in [-0.15, -0.1) is 0 Å². The summed E-state index contributed by atoms with van der Waals surface area (Å²) in [5, 5.41) is 10.5. The highest BCUT2D eigenvalue weighted by molar-refractivity contribution is 6.03. The second-order valence-corrected chi connectivity index (χ2v) is 8.65. The van der Waals surface area contributed by atoms with Crippen molar-refractivity contribution in [2.24, 2.45) is 0 Å². The van der Waals surface area contributed by atoms with E-state index in [4.69, 9.17) is 9.47 Å². The highest BCUT2D eigenvalue weighted by Crippen LogP contribution is 2.28. The molecule has 0 saturated heterocycles. The molecule has 30 heavy (non-hydrogen) atoms. The van der Waals surface area contributed by atoms with Crippen LogP contribution >= 0.6 is 0 Å². The number of hydrogen-bond acceptors (Lipinski definition) is 5. The standard InChI is InChI=1S/C23H27N3O4/c1-22(2,3)30-21(28)24-23(4,5)16-10-7-14(8-11-16)15-9-12-18-17(13-15)19(26-25-18)20(27)29-6/h7-13H,1-6H3,(H,24,28)(H,25,26). The summed E-state index contributed by atoms with van der Waals surface area (Å²) in [4.78, 5) is 24.1. The maximum absolute atomic E-state index is 12.2. The van der Waals surface area contributed by atoms with Crippen LogP contribution in [-0.4, -0.2) is 35.0 Å². The van der Waals surface area contributed by atoms with E-state index in [0.717, 1.165) is 22.2 Å². The molecule has 158 valence electrons. The van der Waals surface area contributed by atoms with Gasteiger partial charge in [0.05, 0.1) is 18.2 Å². The predicted octanol–water partition coefficient (Wildman–Crippen LogP) is 4.78. The second-order valence-electron chi connectivity index (χ2n) is 8.65. The van der Waals surface area contributed by atoms with Gasteiger partial charge in [0.2, 0.25) is 0 Å². The average Bonchev–Trinajstić information content (AvgIpc) is 3.08. The number of aromatic amines is 1. The number of ether oxygens (including phenoxy) is 2. The van der Waals surface area contributed by atoms with E-state index in [1.165, 1.54) is 7.11 Å². The fraction of sp³-hybridized carbons (Fsp3) is 0.348. The number of rotatable bonds is 4. The van der Waals surface area contributed by atoms with Crippen molar-refractivity contribution in [3.63, 3.8) is 0 Å². The fourth-order valence-corrected chi connectivity index (χ4v) is 3.16. The number of benzene rings is 2. The Morgan fingerprint density at radius 3 is 2.20 bits per heavy atom. The summed E-state index contributed by atoms with van der Waals surface area (Å²) in [6, 6.07) is 13.6. The smallest absolute Gasteiger partial charge is 0.408 e. The average molecular weight is 409 g/mol. The summed E-state index contributed by atoms with van der Waals surface area (Å²) in [6.07, 6.45) is -0.461. The molecule has 0 spiro atoms. The van der Waals surface area contributed by atoms with Crippen LogP contribution in [0.2, 0.25) is 0 Å². The van der Waals surface area contributed by atoms with Crippen LogP contribution in [0.1, 0.15) is 50.7 Å². The number of methoxy groups -OCH3 is 1. The Bertz CT molecular complexity index is 1080. The number of aromatic nitrogens is 2. The number of fused-ring (bicyclic) bond motifs is 1. The number of H-pyrrole nitrogens is 1. The SMILES string of the molecule is COC(=O)c1n[nH]c2ccc(-c3ccc(C(C)(C)NC(=O)OC(C)(C)C)cc3)cc12. The minimum Gasteiger partial charge on any atom is -0.464 e. The van der Waals surface area contributed by atoms with E-state index in [1.807, 2.05) is 77.1 Å². The molecule has 0 saturated carbocycles. The van der Waals surface area contributed by atoms with Crippen LogP contribution in [0.3, 0.4) is 0 Å². The molecule has 0 unspecified atom stereocenters. The van der Waals surface area contributed by atoms with Crippen LogP contribution in [0, 0.1) is 0 Å². The molecule has 0 aliphatic rings. The number of nitrogens with zero attached hydrogens (tertiary/aromatic N) is 1. The van der Waals surface area contributed by atoms with Crippen LogP contribution in [-0.2, 0) is 15.0 Å². The molecule has 7 heteroatoms. The molecule has 1 aromatic heterocycles. The van der Waals surface area contributed by atoms with Gasteiger partial charge in [0.15, 0.2) is 5.69 Å². The van der Waals surface area contributed by atoms with Gasteiger partial charge in [0, 0.05) is 5.39 Å². The Labute approximate surface area is 175 Å².